The van der Waals surface area contributed by atoms with Gasteiger partial charge in [-0.15, -0.1) is 0 Å². The van der Waals surface area contributed by atoms with E-state index in [1.165, 1.54) is 25.3 Å². The van der Waals surface area contributed by atoms with Crippen LogP contribution in [-0.2, 0) is 4.74 Å². The Hall–Kier alpha value is -4.78. The highest BCUT2D eigenvalue weighted by Gasteiger charge is 2.19. The normalized spacial score (nSPS) is 11.5. The van der Waals surface area contributed by atoms with Crippen molar-refractivity contribution in [2.24, 2.45) is 0 Å². The fraction of sp³-hybridized carbons (Fsp3) is 0.103. The van der Waals surface area contributed by atoms with E-state index in [0.717, 1.165) is 11.1 Å². The van der Waals surface area contributed by atoms with Gasteiger partial charge in [0.05, 0.1) is 7.11 Å². The number of benzene rings is 3. The summed E-state index contributed by atoms with van der Waals surface area (Å²) in [5, 5.41) is 2.14. The first-order valence-corrected chi connectivity index (χ1v) is 11.1. The lowest BCUT2D eigenvalue weighted by Gasteiger charge is -2.11. The van der Waals surface area contributed by atoms with E-state index in [4.69, 9.17) is 13.6 Å². The first kappa shape index (κ1) is 23.0. The summed E-state index contributed by atoms with van der Waals surface area (Å²) in [6.07, 6.45) is 3.05. The third kappa shape index (κ3) is 3.90. The zero-order valence-electron chi connectivity index (χ0n) is 19.7. The Morgan fingerprint density at radius 3 is 2.31 bits per heavy atom. The summed E-state index contributed by atoms with van der Waals surface area (Å²) in [5.41, 5.74) is 1.72. The number of ketones is 1. The van der Waals surface area contributed by atoms with Crippen LogP contribution in [0.3, 0.4) is 0 Å². The zero-order valence-corrected chi connectivity index (χ0v) is 19.7. The van der Waals surface area contributed by atoms with Crippen LogP contribution in [0.25, 0.3) is 38.8 Å². The van der Waals surface area contributed by atoms with Gasteiger partial charge in [0.2, 0.25) is 0 Å². The maximum atomic E-state index is 12.8. The molecule has 0 radical (unpaired) electrons. The number of methoxy groups -OCH3 is 1. The average molecular weight is 480 g/mol. The molecule has 2 aromatic heterocycles. The van der Waals surface area contributed by atoms with Crippen LogP contribution < -0.4 is 11.3 Å². The minimum Gasteiger partial charge on any atom is -0.465 e. The van der Waals surface area contributed by atoms with Crippen molar-refractivity contribution in [3.63, 3.8) is 0 Å². The number of carbonyl (C=O) groups excluding carboxylic acids is 2. The molecule has 5 rings (SSSR count). The highest BCUT2D eigenvalue weighted by atomic mass is 16.5. The van der Waals surface area contributed by atoms with Gasteiger partial charge in [0.1, 0.15) is 16.7 Å². The number of ether oxygens (including phenoxy) is 1. The van der Waals surface area contributed by atoms with E-state index in [1.54, 1.807) is 43.3 Å². The standard InChI is InChI=1S/C29H20O7/c1-15-4-6-17(7-5-15)23(30)11-8-18-13-19-14-22(28(32)34-3)29(33)36-26(19)21-10-9-20-16(2)12-24(31)35-27(20)25(18)21/h4-14H,1-3H3/b11-8+. The van der Waals surface area contributed by atoms with Crippen molar-refractivity contribution in [3.05, 3.63) is 109 Å². The van der Waals surface area contributed by atoms with E-state index in [9.17, 15) is 19.2 Å². The van der Waals surface area contributed by atoms with Gasteiger partial charge in [-0.1, -0.05) is 42.0 Å². The number of esters is 1. The second-order valence-electron chi connectivity index (χ2n) is 8.50. The van der Waals surface area contributed by atoms with Crippen LogP contribution in [0.2, 0.25) is 0 Å². The quantitative estimate of drug-likeness (QED) is 0.112. The third-order valence-electron chi connectivity index (χ3n) is 6.10. The van der Waals surface area contributed by atoms with Crippen molar-refractivity contribution >= 4 is 50.5 Å². The van der Waals surface area contributed by atoms with E-state index in [2.05, 4.69) is 0 Å². The number of fused-ring (bicyclic) bond motifs is 5. The zero-order chi connectivity index (χ0) is 25.6. The van der Waals surface area contributed by atoms with E-state index in [1.807, 2.05) is 19.1 Å². The lowest BCUT2D eigenvalue weighted by Crippen LogP contribution is -2.15. The number of hydrogen-bond donors (Lipinski definition) is 0. The third-order valence-corrected chi connectivity index (χ3v) is 6.10. The molecule has 0 aliphatic carbocycles. The Morgan fingerprint density at radius 1 is 0.861 bits per heavy atom. The molecule has 0 aliphatic heterocycles. The summed E-state index contributed by atoms with van der Waals surface area (Å²) in [6.45, 7) is 3.73. The van der Waals surface area contributed by atoms with Crippen molar-refractivity contribution in [2.45, 2.75) is 13.8 Å². The SMILES string of the molecule is COC(=O)c1cc2cc(/C=C/C(=O)c3ccc(C)cc3)c3c(ccc4c(C)cc(=O)oc43)c2oc1=O. The molecule has 7 nitrogen and oxygen atoms in total. The molecule has 0 saturated heterocycles. The molecule has 0 fully saturated rings. The number of allylic oxidation sites excluding steroid dienone is 1. The van der Waals surface area contributed by atoms with Crippen molar-refractivity contribution in [1.82, 2.24) is 0 Å². The van der Waals surface area contributed by atoms with Crippen molar-refractivity contribution in [1.29, 1.82) is 0 Å². The first-order valence-electron chi connectivity index (χ1n) is 11.1. The second kappa shape index (κ2) is 8.78. The molecule has 0 unspecified atom stereocenters. The molecule has 5 aromatic rings. The largest absolute Gasteiger partial charge is 0.465 e. The molecule has 2 heterocycles. The highest BCUT2D eigenvalue weighted by molar-refractivity contribution is 6.18. The van der Waals surface area contributed by atoms with Gasteiger partial charge in [0.15, 0.2) is 5.78 Å². The molecule has 0 N–H and O–H groups in total. The number of carbonyl (C=O) groups is 2. The van der Waals surface area contributed by atoms with Gasteiger partial charge in [0, 0.05) is 33.2 Å². The Bertz CT molecular complexity index is 1850. The Kier molecular flexibility index (Phi) is 5.60. The van der Waals surface area contributed by atoms with Gasteiger partial charge in [-0.25, -0.2) is 14.4 Å². The van der Waals surface area contributed by atoms with Crippen molar-refractivity contribution in [2.75, 3.05) is 7.11 Å². The maximum absolute atomic E-state index is 12.8. The first-order chi connectivity index (χ1) is 17.3. The lowest BCUT2D eigenvalue weighted by molar-refractivity contribution is 0.0596. The van der Waals surface area contributed by atoms with Crippen LogP contribution in [0, 0.1) is 13.8 Å². The van der Waals surface area contributed by atoms with E-state index < -0.39 is 17.2 Å². The Balaban J connectivity index is 1.83. The predicted octanol–water partition coefficient (Wildman–Crippen LogP) is 5.35. The van der Waals surface area contributed by atoms with Crippen molar-refractivity contribution < 1.29 is 23.2 Å². The average Bonchev–Trinajstić information content (AvgIpc) is 2.86. The van der Waals surface area contributed by atoms with Crippen LogP contribution in [-0.4, -0.2) is 18.9 Å². The molecule has 0 spiro atoms. The molecule has 7 heteroatoms. The van der Waals surface area contributed by atoms with Crippen LogP contribution in [0.5, 0.6) is 0 Å². The van der Waals surface area contributed by atoms with Crippen LogP contribution in [0.4, 0.5) is 0 Å². The number of aryl methyl sites for hydroxylation is 2. The number of hydrogen-bond acceptors (Lipinski definition) is 7. The van der Waals surface area contributed by atoms with Crippen LogP contribution in [0.1, 0.15) is 37.4 Å². The Morgan fingerprint density at radius 2 is 1.58 bits per heavy atom. The van der Waals surface area contributed by atoms with Crippen molar-refractivity contribution in [3.8, 4) is 0 Å². The molecule has 0 amide bonds. The molecule has 0 aliphatic rings. The summed E-state index contributed by atoms with van der Waals surface area (Å²) in [6, 6.07) is 15.2. The number of rotatable bonds is 4. The molecular weight excluding hydrogens is 460 g/mol. The van der Waals surface area contributed by atoms with E-state index >= 15 is 0 Å². The summed E-state index contributed by atoms with van der Waals surface area (Å²) in [4.78, 5) is 49.7. The molecular formula is C29H20O7. The summed E-state index contributed by atoms with van der Waals surface area (Å²) < 4.78 is 15.8. The molecule has 0 saturated carbocycles. The topological polar surface area (TPSA) is 104 Å². The minimum atomic E-state index is -0.848. The van der Waals surface area contributed by atoms with Crippen LogP contribution in [0.15, 0.2) is 79.1 Å². The molecule has 178 valence electrons. The lowest BCUT2D eigenvalue weighted by atomic mass is 9.96. The highest BCUT2D eigenvalue weighted by Crippen LogP contribution is 2.35. The fourth-order valence-electron chi connectivity index (χ4n) is 4.27. The van der Waals surface area contributed by atoms with Gasteiger partial charge in [-0.05, 0) is 49.2 Å². The molecule has 36 heavy (non-hydrogen) atoms. The van der Waals surface area contributed by atoms with E-state index in [-0.39, 0.29) is 16.9 Å². The van der Waals surface area contributed by atoms with E-state index in [0.29, 0.717) is 38.3 Å². The van der Waals surface area contributed by atoms with Gasteiger partial charge in [0.25, 0.3) is 0 Å². The molecule has 3 aromatic carbocycles. The van der Waals surface area contributed by atoms with Gasteiger partial charge >= 0.3 is 17.2 Å². The minimum absolute atomic E-state index is 0.212. The van der Waals surface area contributed by atoms with Gasteiger partial charge in [-0.3, -0.25) is 4.79 Å². The van der Waals surface area contributed by atoms with Gasteiger partial charge < -0.3 is 13.6 Å². The summed E-state index contributed by atoms with van der Waals surface area (Å²) in [7, 11) is 1.17. The summed E-state index contributed by atoms with van der Waals surface area (Å²) >= 11 is 0. The predicted molar refractivity (Wildman–Crippen MR) is 137 cm³/mol. The maximum Gasteiger partial charge on any atom is 0.351 e. The Labute approximate surface area is 204 Å². The summed E-state index contributed by atoms with van der Waals surface area (Å²) in [5.74, 6) is -1.03. The smallest absolute Gasteiger partial charge is 0.351 e. The monoisotopic (exact) mass is 480 g/mol. The molecule has 0 atom stereocenters. The van der Waals surface area contributed by atoms with Crippen LogP contribution >= 0.6 is 0 Å². The second-order valence-corrected chi connectivity index (χ2v) is 8.50. The van der Waals surface area contributed by atoms with Gasteiger partial charge in [-0.2, -0.15) is 0 Å². The fourth-order valence-corrected chi connectivity index (χ4v) is 4.27. The molecule has 0 bridgehead atoms.